The van der Waals surface area contributed by atoms with E-state index in [1.54, 1.807) is 25.4 Å². The standard InChI is InChI=1S/C11H13N3O2/c1-15-11-5-8(12)4-9(6-11)13-7-10-2-3-14-16-10/h2-6,13H,7,12H2,1H3. The summed E-state index contributed by atoms with van der Waals surface area (Å²) in [5, 5.41) is 6.79. The average Bonchev–Trinajstić information content (AvgIpc) is 2.78. The second-order valence-electron chi connectivity index (χ2n) is 3.33. The molecule has 0 bridgehead atoms. The second kappa shape index (κ2) is 4.57. The number of hydrogen-bond acceptors (Lipinski definition) is 5. The van der Waals surface area contributed by atoms with Gasteiger partial charge in [0, 0.05) is 29.6 Å². The van der Waals surface area contributed by atoms with Gasteiger partial charge in [-0.3, -0.25) is 0 Å². The van der Waals surface area contributed by atoms with Gasteiger partial charge in [0.25, 0.3) is 0 Å². The predicted octanol–water partition coefficient (Wildman–Crippen LogP) is 1.88. The van der Waals surface area contributed by atoms with Gasteiger partial charge in [0.15, 0.2) is 5.76 Å². The Morgan fingerprint density at radius 3 is 3.00 bits per heavy atom. The van der Waals surface area contributed by atoms with Crippen LogP contribution in [0.1, 0.15) is 5.76 Å². The van der Waals surface area contributed by atoms with Gasteiger partial charge in [-0.1, -0.05) is 5.16 Å². The minimum Gasteiger partial charge on any atom is -0.497 e. The van der Waals surface area contributed by atoms with Crippen LogP contribution in [0.5, 0.6) is 5.75 Å². The van der Waals surface area contributed by atoms with Gasteiger partial charge in [-0.05, 0) is 6.07 Å². The number of nitrogens with one attached hydrogen (secondary N) is 1. The number of anilines is 2. The van der Waals surface area contributed by atoms with E-state index in [4.69, 9.17) is 15.0 Å². The van der Waals surface area contributed by atoms with E-state index in [0.717, 1.165) is 17.2 Å². The molecule has 2 aromatic rings. The van der Waals surface area contributed by atoms with Crippen molar-refractivity contribution in [3.05, 3.63) is 36.2 Å². The Balaban J connectivity index is 2.06. The van der Waals surface area contributed by atoms with Crippen molar-refractivity contribution in [2.45, 2.75) is 6.54 Å². The molecule has 1 aromatic heterocycles. The monoisotopic (exact) mass is 219 g/mol. The highest BCUT2D eigenvalue weighted by Gasteiger charge is 2.00. The summed E-state index contributed by atoms with van der Waals surface area (Å²) in [6.07, 6.45) is 1.61. The van der Waals surface area contributed by atoms with Crippen molar-refractivity contribution in [2.75, 3.05) is 18.2 Å². The number of rotatable bonds is 4. The predicted molar refractivity (Wildman–Crippen MR) is 61.2 cm³/mol. The molecule has 0 aliphatic carbocycles. The summed E-state index contributed by atoms with van der Waals surface area (Å²) < 4.78 is 10.1. The van der Waals surface area contributed by atoms with Gasteiger partial charge in [0.05, 0.1) is 19.9 Å². The lowest BCUT2D eigenvalue weighted by molar-refractivity contribution is 0.388. The molecular formula is C11H13N3O2. The number of ether oxygens (including phenoxy) is 1. The SMILES string of the molecule is COc1cc(N)cc(NCc2ccno2)c1. The third kappa shape index (κ3) is 2.44. The highest BCUT2D eigenvalue weighted by atomic mass is 16.5. The third-order valence-electron chi connectivity index (χ3n) is 2.12. The summed E-state index contributed by atoms with van der Waals surface area (Å²) in [5.41, 5.74) is 7.26. The number of aromatic nitrogens is 1. The number of benzene rings is 1. The Hall–Kier alpha value is -2.17. The van der Waals surface area contributed by atoms with Gasteiger partial charge in [0.2, 0.25) is 0 Å². The Kier molecular flexibility index (Phi) is 2.95. The van der Waals surface area contributed by atoms with Crippen LogP contribution in [-0.2, 0) is 6.54 Å². The second-order valence-corrected chi connectivity index (χ2v) is 3.33. The highest BCUT2D eigenvalue weighted by Crippen LogP contribution is 2.22. The normalized spacial score (nSPS) is 10.1. The van der Waals surface area contributed by atoms with Crippen molar-refractivity contribution in [3.8, 4) is 5.75 Å². The van der Waals surface area contributed by atoms with Gasteiger partial charge in [-0.2, -0.15) is 0 Å². The largest absolute Gasteiger partial charge is 0.497 e. The van der Waals surface area contributed by atoms with Crippen LogP contribution < -0.4 is 15.8 Å². The topological polar surface area (TPSA) is 73.3 Å². The van der Waals surface area contributed by atoms with Crippen LogP contribution in [0.4, 0.5) is 11.4 Å². The van der Waals surface area contributed by atoms with Crippen LogP contribution in [0, 0.1) is 0 Å². The third-order valence-corrected chi connectivity index (χ3v) is 2.12. The zero-order valence-electron chi connectivity index (χ0n) is 8.93. The van der Waals surface area contributed by atoms with Crippen LogP contribution in [0.3, 0.4) is 0 Å². The van der Waals surface area contributed by atoms with E-state index in [1.807, 2.05) is 12.1 Å². The minimum atomic E-state index is 0.562. The van der Waals surface area contributed by atoms with Crippen LogP contribution in [0.15, 0.2) is 35.0 Å². The lowest BCUT2D eigenvalue weighted by atomic mass is 10.2. The van der Waals surface area contributed by atoms with Crippen molar-refractivity contribution < 1.29 is 9.26 Å². The van der Waals surface area contributed by atoms with Crippen LogP contribution in [0.2, 0.25) is 0 Å². The van der Waals surface area contributed by atoms with Crippen molar-refractivity contribution in [1.82, 2.24) is 5.16 Å². The first-order valence-electron chi connectivity index (χ1n) is 4.86. The molecule has 5 heteroatoms. The van der Waals surface area contributed by atoms with E-state index in [2.05, 4.69) is 10.5 Å². The lowest BCUT2D eigenvalue weighted by Gasteiger charge is -2.07. The van der Waals surface area contributed by atoms with E-state index in [9.17, 15) is 0 Å². The maximum absolute atomic E-state index is 5.73. The molecule has 0 amide bonds. The maximum atomic E-state index is 5.73. The smallest absolute Gasteiger partial charge is 0.155 e. The van der Waals surface area contributed by atoms with Gasteiger partial charge < -0.3 is 20.3 Å². The van der Waals surface area contributed by atoms with E-state index in [1.165, 1.54) is 0 Å². The van der Waals surface area contributed by atoms with Gasteiger partial charge in [0.1, 0.15) is 5.75 Å². The summed E-state index contributed by atoms with van der Waals surface area (Å²) in [4.78, 5) is 0. The first-order chi connectivity index (χ1) is 7.78. The molecule has 0 fully saturated rings. The van der Waals surface area contributed by atoms with E-state index >= 15 is 0 Å². The highest BCUT2D eigenvalue weighted by molar-refractivity contribution is 5.59. The number of nitrogens with zero attached hydrogens (tertiary/aromatic N) is 1. The molecule has 5 nitrogen and oxygen atoms in total. The molecule has 1 heterocycles. The first kappa shape index (κ1) is 10.4. The van der Waals surface area contributed by atoms with Crippen molar-refractivity contribution in [3.63, 3.8) is 0 Å². The number of hydrogen-bond donors (Lipinski definition) is 2. The molecule has 84 valence electrons. The van der Waals surface area contributed by atoms with Crippen molar-refractivity contribution in [1.29, 1.82) is 0 Å². The van der Waals surface area contributed by atoms with E-state index in [0.29, 0.717) is 12.2 Å². The summed E-state index contributed by atoms with van der Waals surface area (Å²) in [5.74, 6) is 1.49. The zero-order valence-corrected chi connectivity index (χ0v) is 8.93. The number of nitrogens with two attached hydrogens (primary N) is 1. The molecule has 0 saturated carbocycles. The summed E-state index contributed by atoms with van der Waals surface area (Å²) in [6.45, 7) is 0.562. The molecule has 0 atom stereocenters. The summed E-state index contributed by atoms with van der Waals surface area (Å²) in [7, 11) is 1.61. The van der Waals surface area contributed by atoms with Crippen molar-refractivity contribution >= 4 is 11.4 Å². The molecule has 0 aliphatic rings. The van der Waals surface area contributed by atoms with Gasteiger partial charge >= 0.3 is 0 Å². The number of methoxy groups -OCH3 is 1. The fourth-order valence-corrected chi connectivity index (χ4v) is 1.36. The molecule has 2 rings (SSSR count). The Morgan fingerprint density at radius 1 is 1.44 bits per heavy atom. The lowest BCUT2D eigenvalue weighted by Crippen LogP contribution is -1.99. The quantitative estimate of drug-likeness (QED) is 0.768. The Morgan fingerprint density at radius 2 is 2.31 bits per heavy atom. The van der Waals surface area contributed by atoms with Crippen LogP contribution >= 0.6 is 0 Å². The van der Waals surface area contributed by atoms with E-state index < -0.39 is 0 Å². The molecule has 1 aromatic carbocycles. The summed E-state index contributed by atoms with van der Waals surface area (Å²) in [6, 6.07) is 7.27. The first-order valence-corrected chi connectivity index (χ1v) is 4.86. The fourth-order valence-electron chi connectivity index (χ4n) is 1.36. The molecule has 16 heavy (non-hydrogen) atoms. The molecule has 0 aliphatic heterocycles. The zero-order chi connectivity index (χ0) is 11.4. The van der Waals surface area contributed by atoms with Gasteiger partial charge in [-0.15, -0.1) is 0 Å². The molecule has 0 unspecified atom stereocenters. The average molecular weight is 219 g/mol. The molecule has 0 saturated heterocycles. The molecule has 3 N–H and O–H groups in total. The molecule has 0 spiro atoms. The van der Waals surface area contributed by atoms with E-state index in [-0.39, 0.29) is 0 Å². The Labute approximate surface area is 93.2 Å². The Bertz CT molecular complexity index is 454. The van der Waals surface area contributed by atoms with Crippen molar-refractivity contribution in [2.24, 2.45) is 0 Å². The maximum Gasteiger partial charge on any atom is 0.155 e. The van der Waals surface area contributed by atoms with Gasteiger partial charge in [-0.25, -0.2) is 0 Å². The molecule has 0 radical (unpaired) electrons. The number of nitrogen functional groups attached to an aromatic ring is 1. The fraction of sp³-hybridized carbons (Fsp3) is 0.182. The van der Waals surface area contributed by atoms with Crippen LogP contribution in [-0.4, -0.2) is 12.3 Å². The van der Waals surface area contributed by atoms with Crippen LogP contribution in [0.25, 0.3) is 0 Å². The molecular weight excluding hydrogens is 206 g/mol. The minimum absolute atomic E-state index is 0.562. The summed E-state index contributed by atoms with van der Waals surface area (Å²) >= 11 is 0.